The number of amides is 4. The average Bonchev–Trinajstić information content (AvgIpc) is 2.72. The molecule has 0 aromatic heterocycles. The van der Waals surface area contributed by atoms with Gasteiger partial charge in [0.25, 0.3) is 0 Å². The van der Waals surface area contributed by atoms with E-state index in [1.165, 1.54) is 5.56 Å². The first kappa shape index (κ1) is 21.1. The summed E-state index contributed by atoms with van der Waals surface area (Å²) in [4.78, 5) is 42.4. The van der Waals surface area contributed by atoms with Crippen LogP contribution in [0.1, 0.15) is 24.0 Å². The Morgan fingerprint density at radius 2 is 1.79 bits per heavy atom. The number of hydrogen-bond acceptors (Lipinski definition) is 4. The van der Waals surface area contributed by atoms with E-state index in [0.717, 1.165) is 11.3 Å². The molecule has 2 aliphatic heterocycles. The first-order valence-corrected chi connectivity index (χ1v) is 10.1. The zero-order valence-corrected chi connectivity index (χ0v) is 17.4. The summed E-state index contributed by atoms with van der Waals surface area (Å²) in [7, 11) is 1.58. The Bertz CT molecular complexity index is 774. The summed E-state index contributed by atoms with van der Waals surface area (Å²) >= 11 is 0. The van der Waals surface area contributed by atoms with E-state index in [9.17, 15) is 14.4 Å². The molecule has 2 fully saturated rings. The van der Waals surface area contributed by atoms with Crippen molar-refractivity contribution in [1.82, 2.24) is 14.7 Å². The van der Waals surface area contributed by atoms with Crippen molar-refractivity contribution in [3.8, 4) is 0 Å². The van der Waals surface area contributed by atoms with E-state index in [2.05, 4.69) is 5.32 Å². The topological polar surface area (TPSA) is 82.2 Å². The van der Waals surface area contributed by atoms with Crippen LogP contribution in [0.25, 0.3) is 0 Å². The minimum absolute atomic E-state index is 0.00157. The minimum Gasteiger partial charge on any atom is -0.383 e. The molecule has 29 heavy (non-hydrogen) atoms. The highest BCUT2D eigenvalue weighted by molar-refractivity contribution is 6.35. The summed E-state index contributed by atoms with van der Waals surface area (Å²) in [6.45, 7) is 7.10. The van der Waals surface area contributed by atoms with Crippen LogP contribution in [0.5, 0.6) is 0 Å². The van der Waals surface area contributed by atoms with Gasteiger partial charge >= 0.3 is 17.8 Å². The summed E-state index contributed by atoms with van der Waals surface area (Å²) in [6.07, 6.45) is 1.36. The molecule has 158 valence electrons. The molecular formula is C21H30N4O4. The van der Waals surface area contributed by atoms with Crippen molar-refractivity contribution >= 4 is 23.5 Å². The third-order valence-electron chi connectivity index (χ3n) is 5.86. The fourth-order valence-corrected chi connectivity index (χ4v) is 3.86. The molecule has 1 aromatic carbocycles. The Morgan fingerprint density at radius 1 is 1.07 bits per heavy atom. The molecule has 8 nitrogen and oxygen atoms in total. The highest BCUT2D eigenvalue weighted by atomic mass is 16.5. The number of urea groups is 1. The van der Waals surface area contributed by atoms with Crippen LogP contribution in [0.2, 0.25) is 0 Å². The lowest BCUT2D eigenvalue weighted by atomic mass is 10.0. The number of nitrogens with zero attached hydrogens (tertiary/aromatic N) is 3. The molecule has 0 saturated carbocycles. The number of likely N-dealkylation sites (tertiary alicyclic amines) is 1. The van der Waals surface area contributed by atoms with Crippen LogP contribution in [-0.2, 0) is 14.3 Å². The van der Waals surface area contributed by atoms with E-state index >= 15 is 0 Å². The van der Waals surface area contributed by atoms with Gasteiger partial charge in [-0.05, 0) is 49.9 Å². The van der Waals surface area contributed by atoms with E-state index in [0.29, 0.717) is 52.2 Å². The molecule has 1 aromatic rings. The largest absolute Gasteiger partial charge is 0.383 e. The minimum atomic E-state index is -0.455. The molecule has 4 amide bonds. The Morgan fingerprint density at radius 3 is 2.45 bits per heavy atom. The molecule has 2 aliphatic rings. The van der Waals surface area contributed by atoms with Crippen molar-refractivity contribution in [2.45, 2.75) is 32.7 Å². The van der Waals surface area contributed by atoms with Crippen LogP contribution >= 0.6 is 0 Å². The summed E-state index contributed by atoms with van der Waals surface area (Å²) in [5.41, 5.74) is 3.10. The van der Waals surface area contributed by atoms with Gasteiger partial charge in [-0.15, -0.1) is 0 Å². The first-order chi connectivity index (χ1) is 13.9. The van der Waals surface area contributed by atoms with Gasteiger partial charge in [0.1, 0.15) is 0 Å². The fraction of sp³-hybridized carbons (Fsp3) is 0.571. The molecule has 2 heterocycles. The van der Waals surface area contributed by atoms with Crippen molar-refractivity contribution < 1.29 is 19.1 Å². The van der Waals surface area contributed by atoms with Crippen molar-refractivity contribution in [3.05, 3.63) is 29.3 Å². The van der Waals surface area contributed by atoms with Gasteiger partial charge in [0, 0.05) is 51.6 Å². The number of benzene rings is 1. The quantitative estimate of drug-likeness (QED) is 0.759. The molecule has 8 heteroatoms. The zero-order valence-electron chi connectivity index (χ0n) is 17.4. The normalized spacial score (nSPS) is 18.4. The fourth-order valence-electron chi connectivity index (χ4n) is 3.86. The van der Waals surface area contributed by atoms with Crippen LogP contribution in [0, 0.1) is 13.8 Å². The maximum atomic E-state index is 12.6. The predicted octanol–water partition coefficient (Wildman–Crippen LogP) is 1.62. The highest BCUT2D eigenvalue weighted by Gasteiger charge is 2.37. The predicted molar refractivity (Wildman–Crippen MR) is 110 cm³/mol. The molecule has 2 saturated heterocycles. The Labute approximate surface area is 171 Å². The number of methoxy groups -OCH3 is 1. The lowest BCUT2D eigenvalue weighted by Gasteiger charge is -2.42. The SMILES string of the molecule is COCCN1CCN(C2CCN(C(=O)Nc3ccc(C)c(C)c3)CC2)C(=O)C1=O. The van der Waals surface area contributed by atoms with Crippen LogP contribution in [0.4, 0.5) is 10.5 Å². The number of nitrogens with one attached hydrogen (secondary N) is 1. The van der Waals surface area contributed by atoms with E-state index in [1.54, 1.807) is 21.8 Å². The Balaban J connectivity index is 1.51. The standard InChI is InChI=1S/C21H30N4O4/c1-15-4-5-17(14-16(15)2)22-21(28)24-8-6-18(7-9-24)25-11-10-23(12-13-29-3)19(26)20(25)27/h4-5,14,18H,6-13H2,1-3H3,(H,22,28). The number of aryl methyl sites for hydroxylation is 2. The summed E-state index contributed by atoms with van der Waals surface area (Å²) in [6, 6.07) is 5.74. The van der Waals surface area contributed by atoms with Gasteiger partial charge in [0.2, 0.25) is 0 Å². The Kier molecular flexibility index (Phi) is 6.74. The summed E-state index contributed by atoms with van der Waals surface area (Å²) in [5, 5.41) is 2.95. The van der Waals surface area contributed by atoms with Crippen LogP contribution in [0.3, 0.4) is 0 Å². The molecule has 0 atom stereocenters. The molecule has 0 unspecified atom stereocenters. The zero-order chi connectivity index (χ0) is 21.0. The van der Waals surface area contributed by atoms with Gasteiger partial charge in [0.15, 0.2) is 0 Å². The maximum Gasteiger partial charge on any atom is 0.321 e. The van der Waals surface area contributed by atoms with Gasteiger partial charge in [-0.3, -0.25) is 9.59 Å². The second kappa shape index (κ2) is 9.26. The van der Waals surface area contributed by atoms with Crippen LogP contribution < -0.4 is 5.32 Å². The molecule has 0 spiro atoms. The van der Waals surface area contributed by atoms with E-state index in [4.69, 9.17) is 4.74 Å². The smallest absolute Gasteiger partial charge is 0.321 e. The van der Waals surface area contributed by atoms with Crippen molar-refractivity contribution in [2.24, 2.45) is 0 Å². The number of carbonyl (C=O) groups is 3. The number of piperidine rings is 1. The van der Waals surface area contributed by atoms with Gasteiger partial charge in [-0.25, -0.2) is 4.79 Å². The van der Waals surface area contributed by atoms with E-state index in [-0.39, 0.29) is 12.1 Å². The second-order valence-corrected chi connectivity index (χ2v) is 7.73. The van der Waals surface area contributed by atoms with Crippen LogP contribution in [-0.4, -0.2) is 85.0 Å². The lowest BCUT2D eigenvalue weighted by Crippen LogP contribution is -2.59. The summed E-state index contributed by atoms with van der Waals surface area (Å²) < 4.78 is 5.00. The number of carbonyl (C=O) groups excluding carboxylic acids is 3. The molecular weight excluding hydrogens is 372 g/mol. The molecule has 1 N–H and O–H groups in total. The van der Waals surface area contributed by atoms with Gasteiger partial charge in [0.05, 0.1) is 6.61 Å². The van der Waals surface area contributed by atoms with Crippen LogP contribution in [0.15, 0.2) is 18.2 Å². The summed E-state index contributed by atoms with van der Waals surface area (Å²) in [5.74, 6) is -0.895. The van der Waals surface area contributed by atoms with E-state index < -0.39 is 11.8 Å². The number of piperazine rings is 1. The average molecular weight is 402 g/mol. The van der Waals surface area contributed by atoms with Crippen molar-refractivity contribution in [2.75, 3.05) is 51.8 Å². The third-order valence-corrected chi connectivity index (χ3v) is 5.86. The van der Waals surface area contributed by atoms with Crippen molar-refractivity contribution in [3.63, 3.8) is 0 Å². The lowest BCUT2D eigenvalue weighted by molar-refractivity contribution is -0.158. The monoisotopic (exact) mass is 402 g/mol. The molecule has 0 aliphatic carbocycles. The highest BCUT2D eigenvalue weighted by Crippen LogP contribution is 2.21. The second-order valence-electron chi connectivity index (χ2n) is 7.73. The molecule has 0 radical (unpaired) electrons. The first-order valence-electron chi connectivity index (χ1n) is 10.1. The molecule has 0 bridgehead atoms. The van der Waals surface area contributed by atoms with E-state index in [1.807, 2.05) is 32.0 Å². The number of ether oxygens (including phenoxy) is 1. The Hall–Kier alpha value is -2.61. The number of anilines is 1. The van der Waals surface area contributed by atoms with Gasteiger partial charge in [-0.2, -0.15) is 0 Å². The maximum absolute atomic E-state index is 12.6. The van der Waals surface area contributed by atoms with Gasteiger partial charge < -0.3 is 24.8 Å². The van der Waals surface area contributed by atoms with Crippen molar-refractivity contribution in [1.29, 1.82) is 0 Å². The third kappa shape index (κ3) is 4.87. The number of hydrogen-bond donors (Lipinski definition) is 1. The van der Waals surface area contributed by atoms with Gasteiger partial charge in [-0.1, -0.05) is 6.07 Å². The number of rotatable bonds is 5. The molecule has 3 rings (SSSR count).